The molecule has 21 heavy (non-hydrogen) atoms. The Balaban J connectivity index is 1.80. The summed E-state index contributed by atoms with van der Waals surface area (Å²) in [5, 5.41) is 3.06. The minimum absolute atomic E-state index is 0.191. The van der Waals surface area contributed by atoms with Crippen LogP contribution in [0.2, 0.25) is 5.22 Å². The number of carbonyl (C=O) groups is 1. The first kappa shape index (κ1) is 14.0. The summed E-state index contributed by atoms with van der Waals surface area (Å²) in [6.07, 6.45) is 0. The van der Waals surface area contributed by atoms with Crippen LogP contribution in [0, 0.1) is 0 Å². The van der Waals surface area contributed by atoms with Crippen LogP contribution in [0.1, 0.15) is 10.6 Å². The number of morpholine rings is 1. The summed E-state index contributed by atoms with van der Waals surface area (Å²) < 4.78 is 10.5. The fourth-order valence-electron chi connectivity index (χ4n) is 2.28. The van der Waals surface area contributed by atoms with Gasteiger partial charge in [-0.2, -0.15) is 0 Å². The Kier molecular flexibility index (Phi) is 4.13. The van der Waals surface area contributed by atoms with Crippen molar-refractivity contribution >= 4 is 28.9 Å². The Labute approximate surface area is 127 Å². The molecule has 1 saturated heterocycles. The van der Waals surface area contributed by atoms with E-state index in [2.05, 4.69) is 10.2 Å². The average molecular weight is 307 g/mol. The lowest BCUT2D eigenvalue weighted by Gasteiger charge is -2.30. The molecule has 0 radical (unpaired) electrons. The van der Waals surface area contributed by atoms with Crippen molar-refractivity contribution < 1.29 is 13.9 Å². The lowest BCUT2D eigenvalue weighted by molar-refractivity contribution is 0.0996. The first-order valence-electron chi connectivity index (χ1n) is 6.72. The molecule has 3 rings (SSSR count). The van der Waals surface area contributed by atoms with Crippen molar-refractivity contribution in [2.75, 3.05) is 36.5 Å². The topological polar surface area (TPSA) is 54.7 Å². The predicted molar refractivity (Wildman–Crippen MR) is 81.1 cm³/mol. The lowest BCUT2D eigenvalue weighted by atomic mass is 10.2. The lowest BCUT2D eigenvalue weighted by Crippen LogP contribution is -2.36. The van der Waals surface area contributed by atoms with Crippen LogP contribution in [0.25, 0.3) is 0 Å². The van der Waals surface area contributed by atoms with Gasteiger partial charge in [0.15, 0.2) is 11.0 Å². The SMILES string of the molecule is O=C(Nc1ccccc1N1CCOCC1)c1ccc(Cl)o1. The van der Waals surface area contributed by atoms with E-state index >= 15 is 0 Å². The highest BCUT2D eigenvalue weighted by Crippen LogP contribution is 2.27. The van der Waals surface area contributed by atoms with Gasteiger partial charge in [-0.25, -0.2) is 0 Å². The predicted octanol–water partition coefficient (Wildman–Crippen LogP) is 3.02. The van der Waals surface area contributed by atoms with Gasteiger partial charge in [0.05, 0.1) is 24.6 Å². The Bertz CT molecular complexity index is 635. The van der Waals surface area contributed by atoms with E-state index in [9.17, 15) is 4.79 Å². The largest absolute Gasteiger partial charge is 0.440 e. The van der Waals surface area contributed by atoms with E-state index in [0.29, 0.717) is 13.2 Å². The van der Waals surface area contributed by atoms with Gasteiger partial charge in [0.25, 0.3) is 5.91 Å². The summed E-state index contributed by atoms with van der Waals surface area (Å²) in [4.78, 5) is 14.3. The van der Waals surface area contributed by atoms with Crippen molar-refractivity contribution in [1.82, 2.24) is 0 Å². The number of amides is 1. The molecule has 6 heteroatoms. The Morgan fingerprint density at radius 2 is 1.90 bits per heavy atom. The maximum Gasteiger partial charge on any atom is 0.291 e. The maximum absolute atomic E-state index is 12.2. The van der Waals surface area contributed by atoms with Gasteiger partial charge >= 0.3 is 0 Å². The molecule has 2 heterocycles. The minimum Gasteiger partial charge on any atom is -0.440 e. The van der Waals surface area contributed by atoms with Crippen molar-refractivity contribution in [2.45, 2.75) is 0 Å². The van der Waals surface area contributed by atoms with E-state index < -0.39 is 0 Å². The van der Waals surface area contributed by atoms with Crippen molar-refractivity contribution in [2.24, 2.45) is 0 Å². The van der Waals surface area contributed by atoms with Gasteiger partial charge in [-0.3, -0.25) is 4.79 Å². The fraction of sp³-hybridized carbons (Fsp3) is 0.267. The monoisotopic (exact) mass is 306 g/mol. The van der Waals surface area contributed by atoms with Crippen LogP contribution >= 0.6 is 11.6 Å². The van der Waals surface area contributed by atoms with Crippen LogP contribution < -0.4 is 10.2 Å². The molecule has 5 nitrogen and oxygen atoms in total. The van der Waals surface area contributed by atoms with E-state index in [1.165, 1.54) is 0 Å². The van der Waals surface area contributed by atoms with Crippen LogP contribution in [0.4, 0.5) is 11.4 Å². The van der Waals surface area contributed by atoms with E-state index in [4.69, 9.17) is 20.8 Å². The van der Waals surface area contributed by atoms with E-state index in [0.717, 1.165) is 24.5 Å². The zero-order valence-electron chi connectivity index (χ0n) is 11.3. The summed E-state index contributed by atoms with van der Waals surface area (Å²) >= 11 is 5.69. The first-order valence-corrected chi connectivity index (χ1v) is 7.10. The summed E-state index contributed by atoms with van der Waals surface area (Å²) in [5.41, 5.74) is 1.73. The molecule has 0 saturated carbocycles. The normalized spacial score (nSPS) is 15.0. The minimum atomic E-state index is -0.317. The first-order chi connectivity index (χ1) is 10.2. The number of rotatable bonds is 3. The zero-order chi connectivity index (χ0) is 14.7. The van der Waals surface area contributed by atoms with E-state index in [1.54, 1.807) is 12.1 Å². The van der Waals surface area contributed by atoms with Crippen LogP contribution in [-0.4, -0.2) is 32.2 Å². The third-order valence-electron chi connectivity index (χ3n) is 3.30. The highest BCUT2D eigenvalue weighted by Gasteiger charge is 2.17. The second-order valence-corrected chi connectivity index (χ2v) is 5.05. The maximum atomic E-state index is 12.2. The number of hydrogen-bond acceptors (Lipinski definition) is 4. The number of para-hydroxylation sites is 2. The Hall–Kier alpha value is -1.98. The number of furan rings is 1. The number of nitrogens with one attached hydrogen (secondary N) is 1. The molecule has 1 amide bonds. The molecule has 0 bridgehead atoms. The zero-order valence-corrected chi connectivity index (χ0v) is 12.1. The molecule has 0 aliphatic carbocycles. The number of halogens is 1. The Morgan fingerprint density at radius 1 is 1.14 bits per heavy atom. The molecule has 1 aromatic carbocycles. The van der Waals surface area contributed by atoms with Crippen molar-refractivity contribution in [1.29, 1.82) is 0 Å². The number of carbonyl (C=O) groups excluding carboxylic acids is 1. The number of nitrogens with zero attached hydrogens (tertiary/aromatic N) is 1. The van der Waals surface area contributed by atoms with E-state index in [1.807, 2.05) is 24.3 Å². The number of benzene rings is 1. The van der Waals surface area contributed by atoms with Crippen molar-refractivity contribution in [3.8, 4) is 0 Å². The average Bonchev–Trinajstić information content (AvgIpc) is 2.95. The molecule has 1 aliphatic heterocycles. The van der Waals surface area contributed by atoms with Gasteiger partial charge in [0, 0.05) is 13.1 Å². The molecule has 0 unspecified atom stereocenters. The van der Waals surface area contributed by atoms with Crippen molar-refractivity contribution in [3.05, 3.63) is 47.4 Å². The number of hydrogen-bond donors (Lipinski definition) is 1. The van der Waals surface area contributed by atoms with Gasteiger partial charge in [0.2, 0.25) is 0 Å². The van der Waals surface area contributed by atoms with Crippen molar-refractivity contribution in [3.63, 3.8) is 0 Å². The molecular formula is C15H15ClN2O3. The molecule has 1 N–H and O–H groups in total. The van der Waals surface area contributed by atoms with Gasteiger partial charge in [0.1, 0.15) is 0 Å². The second-order valence-electron chi connectivity index (χ2n) is 4.67. The summed E-state index contributed by atoms with van der Waals surface area (Å²) in [6.45, 7) is 2.99. The second kappa shape index (κ2) is 6.20. The fourth-order valence-corrected chi connectivity index (χ4v) is 2.43. The van der Waals surface area contributed by atoms with Gasteiger partial charge < -0.3 is 19.4 Å². The third kappa shape index (κ3) is 3.20. The molecule has 1 fully saturated rings. The molecule has 0 spiro atoms. The smallest absolute Gasteiger partial charge is 0.291 e. The standard InChI is InChI=1S/C15H15ClN2O3/c16-14-6-5-13(21-14)15(19)17-11-3-1-2-4-12(11)18-7-9-20-10-8-18/h1-6H,7-10H2,(H,17,19). The summed E-state index contributed by atoms with van der Waals surface area (Å²) in [6, 6.07) is 10.8. The van der Waals surface area contributed by atoms with Crippen LogP contribution in [-0.2, 0) is 4.74 Å². The summed E-state index contributed by atoms with van der Waals surface area (Å²) in [5.74, 6) is -0.126. The van der Waals surface area contributed by atoms with E-state index in [-0.39, 0.29) is 16.9 Å². The highest BCUT2D eigenvalue weighted by molar-refractivity contribution is 6.29. The van der Waals surface area contributed by atoms with Crippen LogP contribution in [0.15, 0.2) is 40.8 Å². The third-order valence-corrected chi connectivity index (χ3v) is 3.50. The van der Waals surface area contributed by atoms with Crippen LogP contribution in [0.5, 0.6) is 0 Å². The van der Waals surface area contributed by atoms with Gasteiger partial charge in [-0.05, 0) is 35.9 Å². The molecule has 0 atom stereocenters. The molecule has 1 aliphatic rings. The van der Waals surface area contributed by atoms with Gasteiger partial charge in [-0.15, -0.1) is 0 Å². The number of anilines is 2. The molecule has 110 valence electrons. The van der Waals surface area contributed by atoms with Crippen LogP contribution in [0.3, 0.4) is 0 Å². The highest BCUT2D eigenvalue weighted by atomic mass is 35.5. The Morgan fingerprint density at radius 3 is 2.62 bits per heavy atom. The summed E-state index contributed by atoms with van der Waals surface area (Å²) in [7, 11) is 0. The quantitative estimate of drug-likeness (QED) is 0.947. The molecular weight excluding hydrogens is 292 g/mol. The van der Waals surface area contributed by atoms with Gasteiger partial charge in [-0.1, -0.05) is 12.1 Å². The molecule has 2 aromatic rings. The number of ether oxygens (including phenoxy) is 1. The molecule has 1 aromatic heterocycles.